The quantitative estimate of drug-likeness (QED) is 0.766. The highest BCUT2D eigenvalue weighted by molar-refractivity contribution is 5.93. The Labute approximate surface area is 122 Å². The fraction of sp³-hybridized carbons (Fsp3) is 0.0556. The van der Waals surface area contributed by atoms with Crippen LogP contribution in [0.3, 0.4) is 0 Å². The highest BCUT2D eigenvalue weighted by Crippen LogP contribution is 2.24. The van der Waals surface area contributed by atoms with E-state index in [0.29, 0.717) is 12.1 Å². The van der Waals surface area contributed by atoms with Gasteiger partial charge in [-0.25, -0.2) is 4.39 Å². The van der Waals surface area contributed by atoms with Gasteiger partial charge in [-0.1, -0.05) is 48.5 Å². The molecule has 102 valence electrons. The van der Waals surface area contributed by atoms with Gasteiger partial charge in [-0.05, 0) is 17.5 Å². The van der Waals surface area contributed by atoms with Crippen molar-refractivity contribution in [2.24, 2.45) is 0 Å². The van der Waals surface area contributed by atoms with Crippen molar-refractivity contribution >= 4 is 16.5 Å². The number of rotatable bonds is 3. The zero-order valence-electron chi connectivity index (χ0n) is 11.3. The molecule has 0 radical (unpaired) electrons. The van der Waals surface area contributed by atoms with Crippen LogP contribution in [0.15, 0.2) is 60.7 Å². The van der Waals surface area contributed by atoms with Crippen LogP contribution in [0.2, 0.25) is 0 Å². The summed E-state index contributed by atoms with van der Waals surface area (Å²) in [6.07, 6.45) is 0. The molecule has 3 aromatic rings. The van der Waals surface area contributed by atoms with Crippen molar-refractivity contribution in [2.75, 3.05) is 5.32 Å². The molecule has 0 aliphatic rings. The molecule has 0 spiro atoms. The first-order chi connectivity index (χ1) is 10.3. The summed E-state index contributed by atoms with van der Waals surface area (Å²) in [4.78, 5) is 0. The van der Waals surface area contributed by atoms with E-state index < -0.39 is 5.82 Å². The maximum Gasteiger partial charge on any atom is 0.145 e. The summed E-state index contributed by atoms with van der Waals surface area (Å²) in [5.41, 5.74) is 1.52. The Balaban J connectivity index is 1.89. The molecular weight excluding hydrogens is 263 g/mol. The van der Waals surface area contributed by atoms with Crippen molar-refractivity contribution in [3.05, 3.63) is 77.6 Å². The number of hydrogen-bond donors (Lipinski definition) is 1. The van der Waals surface area contributed by atoms with Crippen LogP contribution in [0.4, 0.5) is 10.1 Å². The van der Waals surface area contributed by atoms with Gasteiger partial charge >= 0.3 is 0 Å². The van der Waals surface area contributed by atoms with Crippen LogP contribution < -0.4 is 5.32 Å². The second kappa shape index (κ2) is 5.64. The molecule has 0 heterocycles. The number of nitrogens with one attached hydrogen (secondary N) is 1. The molecule has 0 saturated heterocycles. The van der Waals surface area contributed by atoms with Crippen LogP contribution >= 0.6 is 0 Å². The van der Waals surface area contributed by atoms with Crippen LogP contribution in [0.5, 0.6) is 0 Å². The molecule has 0 fully saturated rings. The number of nitriles is 1. The van der Waals surface area contributed by atoms with Gasteiger partial charge in [0.1, 0.15) is 11.9 Å². The highest BCUT2D eigenvalue weighted by atomic mass is 19.1. The second-order valence-electron chi connectivity index (χ2n) is 4.77. The molecule has 1 N–H and O–H groups in total. The van der Waals surface area contributed by atoms with Crippen LogP contribution in [0, 0.1) is 17.1 Å². The zero-order valence-corrected chi connectivity index (χ0v) is 11.3. The lowest BCUT2D eigenvalue weighted by molar-refractivity contribution is 0.609. The second-order valence-corrected chi connectivity index (χ2v) is 4.77. The Hall–Kier alpha value is -2.86. The first kappa shape index (κ1) is 13.1. The van der Waals surface area contributed by atoms with Crippen molar-refractivity contribution < 1.29 is 4.39 Å². The van der Waals surface area contributed by atoms with Gasteiger partial charge in [0, 0.05) is 23.2 Å². The maximum absolute atomic E-state index is 14.0. The third-order valence-corrected chi connectivity index (χ3v) is 3.46. The average Bonchev–Trinajstić information content (AvgIpc) is 2.54. The lowest BCUT2D eigenvalue weighted by Crippen LogP contribution is -2.03. The van der Waals surface area contributed by atoms with Crippen LogP contribution in [-0.2, 0) is 6.54 Å². The first-order valence-corrected chi connectivity index (χ1v) is 6.69. The van der Waals surface area contributed by atoms with Gasteiger partial charge in [-0.3, -0.25) is 0 Å². The lowest BCUT2D eigenvalue weighted by Gasteiger charge is -2.11. The zero-order chi connectivity index (χ0) is 14.7. The van der Waals surface area contributed by atoms with E-state index >= 15 is 0 Å². The molecule has 0 bridgehead atoms. The Bertz CT molecular complexity index is 829. The van der Waals surface area contributed by atoms with Gasteiger partial charge in [0.25, 0.3) is 0 Å². The predicted molar refractivity (Wildman–Crippen MR) is 82.4 cm³/mol. The predicted octanol–water partition coefficient (Wildman–Crippen LogP) is 4.46. The fourth-order valence-corrected chi connectivity index (χ4v) is 2.37. The van der Waals surface area contributed by atoms with E-state index in [1.54, 1.807) is 12.1 Å². The topological polar surface area (TPSA) is 35.8 Å². The summed E-state index contributed by atoms with van der Waals surface area (Å²) in [5.74, 6) is -0.451. The number of hydrogen-bond acceptors (Lipinski definition) is 2. The Morgan fingerprint density at radius 1 is 0.952 bits per heavy atom. The first-order valence-electron chi connectivity index (χ1n) is 6.69. The molecule has 21 heavy (non-hydrogen) atoms. The molecular formula is C18H13FN2. The average molecular weight is 276 g/mol. The van der Waals surface area contributed by atoms with Gasteiger partial charge in [0.15, 0.2) is 0 Å². The summed E-state index contributed by atoms with van der Waals surface area (Å²) >= 11 is 0. The molecule has 0 unspecified atom stereocenters. The van der Waals surface area contributed by atoms with E-state index in [2.05, 4.69) is 5.32 Å². The summed E-state index contributed by atoms with van der Waals surface area (Å²) in [7, 11) is 0. The van der Waals surface area contributed by atoms with Crippen LogP contribution in [0.1, 0.15) is 11.1 Å². The highest BCUT2D eigenvalue weighted by Gasteiger charge is 2.07. The SMILES string of the molecule is N#Cc1cccc(CNc2cccc3ccccc23)c1F. The largest absolute Gasteiger partial charge is 0.380 e. The summed E-state index contributed by atoms with van der Waals surface area (Å²) in [5, 5.41) is 14.3. The number of nitrogens with zero attached hydrogens (tertiary/aromatic N) is 1. The van der Waals surface area contributed by atoms with Gasteiger partial charge in [-0.2, -0.15) is 5.26 Å². The van der Waals surface area contributed by atoms with Crippen molar-refractivity contribution in [1.29, 1.82) is 5.26 Å². The van der Waals surface area contributed by atoms with E-state index in [1.165, 1.54) is 6.07 Å². The van der Waals surface area contributed by atoms with E-state index in [-0.39, 0.29) is 5.56 Å². The van der Waals surface area contributed by atoms with Crippen LogP contribution in [-0.4, -0.2) is 0 Å². The molecule has 0 atom stereocenters. The minimum atomic E-state index is -0.451. The van der Waals surface area contributed by atoms with E-state index in [4.69, 9.17) is 5.26 Å². The molecule has 0 aromatic heterocycles. The van der Waals surface area contributed by atoms with Gasteiger partial charge in [0.05, 0.1) is 5.56 Å². The molecule has 0 amide bonds. The van der Waals surface area contributed by atoms with Crippen molar-refractivity contribution in [1.82, 2.24) is 0 Å². The summed E-state index contributed by atoms with van der Waals surface area (Å²) in [6, 6.07) is 20.7. The number of benzene rings is 3. The number of fused-ring (bicyclic) bond motifs is 1. The number of halogens is 1. The summed E-state index contributed by atoms with van der Waals surface area (Å²) < 4.78 is 14.0. The van der Waals surface area contributed by atoms with Gasteiger partial charge < -0.3 is 5.32 Å². The molecule has 0 aliphatic carbocycles. The molecule has 0 aliphatic heterocycles. The van der Waals surface area contributed by atoms with Crippen molar-refractivity contribution in [3.8, 4) is 6.07 Å². The monoisotopic (exact) mass is 276 g/mol. The number of anilines is 1. The van der Waals surface area contributed by atoms with Gasteiger partial charge in [0.2, 0.25) is 0 Å². The molecule has 3 aromatic carbocycles. The summed E-state index contributed by atoms with van der Waals surface area (Å²) in [6.45, 7) is 0.343. The third-order valence-electron chi connectivity index (χ3n) is 3.46. The Morgan fingerprint density at radius 2 is 1.71 bits per heavy atom. The van der Waals surface area contributed by atoms with Crippen LogP contribution in [0.25, 0.3) is 10.8 Å². The smallest absolute Gasteiger partial charge is 0.145 e. The van der Waals surface area contributed by atoms with E-state index in [1.807, 2.05) is 48.5 Å². The molecule has 2 nitrogen and oxygen atoms in total. The van der Waals surface area contributed by atoms with Crippen molar-refractivity contribution in [2.45, 2.75) is 6.54 Å². The normalized spacial score (nSPS) is 10.3. The van der Waals surface area contributed by atoms with Gasteiger partial charge in [-0.15, -0.1) is 0 Å². The van der Waals surface area contributed by atoms with E-state index in [0.717, 1.165) is 16.5 Å². The Kier molecular flexibility index (Phi) is 3.53. The van der Waals surface area contributed by atoms with Crippen molar-refractivity contribution in [3.63, 3.8) is 0 Å². The fourth-order valence-electron chi connectivity index (χ4n) is 2.37. The maximum atomic E-state index is 14.0. The third kappa shape index (κ3) is 2.56. The molecule has 3 heteroatoms. The Morgan fingerprint density at radius 3 is 2.57 bits per heavy atom. The molecule has 0 saturated carbocycles. The lowest BCUT2D eigenvalue weighted by atomic mass is 10.1. The van der Waals surface area contributed by atoms with E-state index in [9.17, 15) is 4.39 Å². The standard InChI is InChI=1S/C18H13FN2/c19-18-14(11-20)7-3-8-15(18)12-21-17-10-4-6-13-5-1-2-9-16(13)17/h1-10,21H,12H2. The minimum Gasteiger partial charge on any atom is -0.380 e. The molecule has 3 rings (SSSR count). The minimum absolute atomic E-state index is 0.0761.